The summed E-state index contributed by atoms with van der Waals surface area (Å²) in [7, 11) is -1.60. The number of anilines is 1. The van der Waals surface area contributed by atoms with Gasteiger partial charge in [-0.1, -0.05) is 67.8 Å². The van der Waals surface area contributed by atoms with E-state index in [2.05, 4.69) is 31.9 Å². The van der Waals surface area contributed by atoms with Crippen molar-refractivity contribution in [2.75, 3.05) is 19.1 Å². The topological polar surface area (TPSA) is 127 Å². The van der Waals surface area contributed by atoms with Crippen LogP contribution in [0.2, 0.25) is 0 Å². The Morgan fingerprint density at radius 3 is 2.11 bits per heavy atom. The smallest absolute Gasteiger partial charge is 0.269 e. The van der Waals surface area contributed by atoms with Crippen LogP contribution in [0.25, 0.3) is 0 Å². The number of hydrogen-bond acceptors (Lipinski definition) is 7. The minimum atomic E-state index is -4.23. The molecule has 0 aliphatic rings. The van der Waals surface area contributed by atoms with Crippen LogP contribution in [-0.2, 0) is 14.8 Å². The lowest BCUT2D eigenvalue weighted by molar-refractivity contribution is -0.384. The maximum absolute atomic E-state index is 14.3. The molecule has 0 aromatic heterocycles. The molecule has 13 heteroatoms. The van der Waals surface area contributed by atoms with Crippen molar-refractivity contribution in [3.63, 3.8) is 0 Å². The maximum atomic E-state index is 14.3. The third-order valence-corrected chi connectivity index (χ3v) is 9.57. The molecule has 10 nitrogen and oxygen atoms in total. The van der Waals surface area contributed by atoms with Crippen molar-refractivity contribution in [3.05, 3.63) is 127 Å². The molecule has 44 heavy (non-hydrogen) atoms. The summed E-state index contributed by atoms with van der Waals surface area (Å²) in [5, 5.41) is 11.4. The van der Waals surface area contributed by atoms with Crippen LogP contribution in [0.1, 0.15) is 33.9 Å². The van der Waals surface area contributed by atoms with Crippen molar-refractivity contribution in [2.45, 2.75) is 24.3 Å². The number of ether oxygens (including phenoxy) is 1. The van der Waals surface area contributed by atoms with E-state index in [0.29, 0.717) is 30.3 Å². The number of sulfonamides is 1. The molecule has 1 atom stereocenters. The van der Waals surface area contributed by atoms with Crippen molar-refractivity contribution in [2.24, 2.45) is 0 Å². The minimum absolute atomic E-state index is 0.0638. The van der Waals surface area contributed by atoms with Crippen molar-refractivity contribution < 1.29 is 27.7 Å². The van der Waals surface area contributed by atoms with Gasteiger partial charge in [-0.25, -0.2) is 12.7 Å². The predicted molar refractivity (Wildman–Crippen MR) is 173 cm³/mol. The summed E-state index contributed by atoms with van der Waals surface area (Å²) in [6, 6.07) is 22.0. The van der Waals surface area contributed by atoms with Gasteiger partial charge in [0.05, 0.1) is 29.4 Å². The van der Waals surface area contributed by atoms with Gasteiger partial charge in [-0.3, -0.25) is 19.7 Å². The lowest BCUT2D eigenvalue weighted by atomic mass is 9.98. The SMILES string of the molecule is COc1cccc(C(=O)N(c2cc(Br)cc(Br)c2)[C@H](CC(=O)N(C)S(=O)(=O)c2ccc(C)cc2)c2ccc([N+](=O)[O-])cc2)c1. The molecule has 0 aliphatic heterocycles. The van der Waals surface area contributed by atoms with Gasteiger partial charge in [0.1, 0.15) is 5.75 Å². The van der Waals surface area contributed by atoms with Crippen molar-refractivity contribution in [1.29, 1.82) is 0 Å². The van der Waals surface area contributed by atoms with Crippen LogP contribution in [0.5, 0.6) is 5.75 Å². The molecular formula is C31H27Br2N3O7S. The van der Waals surface area contributed by atoms with E-state index in [9.17, 15) is 28.1 Å². The summed E-state index contributed by atoms with van der Waals surface area (Å²) in [4.78, 5) is 40.2. The number of carbonyl (C=O) groups excluding carboxylic acids is 2. The maximum Gasteiger partial charge on any atom is 0.269 e. The zero-order valence-corrected chi connectivity index (χ0v) is 27.8. The summed E-state index contributed by atoms with van der Waals surface area (Å²) in [6.07, 6.45) is -0.473. The Labute approximate surface area is 271 Å². The molecular weight excluding hydrogens is 718 g/mol. The van der Waals surface area contributed by atoms with Crippen LogP contribution >= 0.6 is 31.9 Å². The van der Waals surface area contributed by atoms with Crippen molar-refractivity contribution >= 4 is 65.1 Å². The number of rotatable bonds is 10. The Hall–Kier alpha value is -4.07. The van der Waals surface area contributed by atoms with Gasteiger partial charge in [0.2, 0.25) is 5.91 Å². The first-order chi connectivity index (χ1) is 20.8. The highest BCUT2D eigenvalue weighted by molar-refractivity contribution is 9.11. The minimum Gasteiger partial charge on any atom is -0.497 e. The third-order valence-electron chi connectivity index (χ3n) is 6.86. The molecule has 4 aromatic rings. The second-order valence-corrected chi connectivity index (χ2v) is 13.6. The highest BCUT2D eigenvalue weighted by Crippen LogP contribution is 2.37. The van der Waals surface area contributed by atoms with E-state index in [0.717, 1.165) is 12.6 Å². The quantitative estimate of drug-likeness (QED) is 0.126. The first-order valence-electron chi connectivity index (χ1n) is 13.1. The van der Waals surface area contributed by atoms with E-state index >= 15 is 0 Å². The number of benzene rings is 4. The standard InChI is InChI=1S/C31H27Br2N3O7S/c1-20-7-13-28(14-8-20)44(41,42)34(2)30(37)19-29(21-9-11-25(12-10-21)36(39)40)35(26-17-23(32)16-24(33)18-26)31(38)22-5-4-6-27(15-22)43-3/h4-18,29H,19H2,1-3H3/t29-/m1/s1. The number of halogens is 2. The molecule has 4 aromatic carbocycles. The molecule has 0 unspecified atom stereocenters. The fourth-order valence-electron chi connectivity index (χ4n) is 4.49. The van der Waals surface area contributed by atoms with Crippen molar-refractivity contribution in [1.82, 2.24) is 4.31 Å². The first kappa shape index (κ1) is 32.8. The Bertz CT molecular complexity index is 1790. The Kier molecular flexibility index (Phi) is 10.2. The largest absolute Gasteiger partial charge is 0.497 e. The second kappa shape index (κ2) is 13.7. The molecule has 4 rings (SSSR count). The molecule has 0 fully saturated rings. The van der Waals surface area contributed by atoms with Crippen LogP contribution in [0, 0.1) is 17.0 Å². The van der Waals surface area contributed by atoms with E-state index in [1.807, 2.05) is 6.92 Å². The summed E-state index contributed by atoms with van der Waals surface area (Å²) in [5.74, 6) is -0.890. The summed E-state index contributed by atoms with van der Waals surface area (Å²) >= 11 is 6.91. The van der Waals surface area contributed by atoms with Gasteiger partial charge in [0, 0.05) is 39.4 Å². The Morgan fingerprint density at radius 2 is 1.55 bits per heavy atom. The van der Waals surface area contributed by atoms with Crippen LogP contribution < -0.4 is 9.64 Å². The van der Waals surface area contributed by atoms with Gasteiger partial charge in [-0.05, 0) is 61.0 Å². The normalized spacial score (nSPS) is 11.8. The highest BCUT2D eigenvalue weighted by atomic mass is 79.9. The summed E-state index contributed by atoms with van der Waals surface area (Å²) < 4.78 is 34.0. The fraction of sp³-hybridized carbons (Fsp3) is 0.161. The van der Waals surface area contributed by atoms with Gasteiger partial charge in [-0.2, -0.15) is 0 Å². The number of nitro groups is 1. The van der Waals surface area contributed by atoms with E-state index in [1.54, 1.807) is 54.6 Å². The zero-order valence-electron chi connectivity index (χ0n) is 23.8. The molecule has 0 spiro atoms. The third kappa shape index (κ3) is 7.34. The summed E-state index contributed by atoms with van der Waals surface area (Å²) in [6.45, 7) is 1.81. The van der Waals surface area contributed by atoms with E-state index in [4.69, 9.17) is 4.74 Å². The molecule has 0 saturated carbocycles. The van der Waals surface area contributed by atoms with Gasteiger partial charge >= 0.3 is 0 Å². The highest BCUT2D eigenvalue weighted by Gasteiger charge is 2.34. The lowest BCUT2D eigenvalue weighted by Crippen LogP contribution is -2.40. The second-order valence-electron chi connectivity index (χ2n) is 9.78. The average molecular weight is 745 g/mol. The molecule has 0 radical (unpaired) electrons. The number of amides is 2. The molecule has 0 aliphatic carbocycles. The number of non-ortho nitro benzene ring substituents is 1. The van der Waals surface area contributed by atoms with Crippen LogP contribution in [0.15, 0.2) is 105 Å². The average Bonchev–Trinajstić information content (AvgIpc) is 3.00. The fourth-order valence-corrected chi connectivity index (χ4v) is 6.89. The van der Waals surface area contributed by atoms with Crippen molar-refractivity contribution in [3.8, 4) is 5.75 Å². The monoisotopic (exact) mass is 743 g/mol. The molecule has 2 amide bonds. The van der Waals surface area contributed by atoms with E-state index in [-0.39, 0.29) is 16.1 Å². The van der Waals surface area contributed by atoms with Crippen LogP contribution in [0.4, 0.5) is 11.4 Å². The number of nitrogens with zero attached hydrogens (tertiary/aromatic N) is 3. The van der Waals surface area contributed by atoms with Gasteiger partial charge in [-0.15, -0.1) is 0 Å². The summed E-state index contributed by atoms with van der Waals surface area (Å²) in [5.41, 5.74) is 1.65. The number of nitro benzene ring substituents is 1. The Balaban J connectivity index is 1.87. The molecule has 0 heterocycles. The van der Waals surface area contributed by atoms with Gasteiger partial charge in [0.25, 0.3) is 21.6 Å². The first-order valence-corrected chi connectivity index (χ1v) is 16.1. The number of methoxy groups -OCH3 is 1. The molecule has 228 valence electrons. The van der Waals surface area contributed by atoms with Gasteiger partial charge < -0.3 is 9.64 Å². The molecule has 0 bridgehead atoms. The number of hydrogen-bond donors (Lipinski definition) is 0. The van der Waals surface area contributed by atoms with Gasteiger partial charge in [0.15, 0.2) is 0 Å². The Morgan fingerprint density at radius 1 is 0.932 bits per heavy atom. The molecule has 0 saturated heterocycles. The predicted octanol–water partition coefficient (Wildman–Crippen LogP) is 7.06. The number of aryl methyl sites for hydroxylation is 1. The lowest BCUT2D eigenvalue weighted by Gasteiger charge is -2.33. The van der Waals surface area contributed by atoms with Crippen LogP contribution in [-0.4, -0.2) is 43.6 Å². The van der Waals surface area contributed by atoms with E-state index in [1.165, 1.54) is 48.4 Å². The number of carbonyl (C=O) groups is 2. The van der Waals surface area contributed by atoms with E-state index < -0.39 is 39.2 Å². The zero-order chi connectivity index (χ0) is 32.2. The molecule has 0 N–H and O–H groups in total. The van der Waals surface area contributed by atoms with Crippen LogP contribution in [0.3, 0.4) is 0 Å².